The predicted octanol–water partition coefficient (Wildman–Crippen LogP) is 4.75. The molecule has 0 bridgehead atoms. The minimum atomic E-state index is -0.555. The molecule has 5 nitrogen and oxygen atoms in total. The maximum Gasteiger partial charge on any atom is 0.149 e. The third-order valence-corrected chi connectivity index (χ3v) is 4.97. The molecule has 1 aromatic heterocycles. The van der Waals surface area contributed by atoms with Crippen LogP contribution in [0.2, 0.25) is 0 Å². The van der Waals surface area contributed by atoms with E-state index in [1.54, 1.807) is 11.1 Å². The van der Waals surface area contributed by atoms with Crippen molar-refractivity contribution >= 4 is 22.3 Å². The Morgan fingerprint density at radius 1 is 1.10 bits per heavy atom. The van der Waals surface area contributed by atoms with Gasteiger partial charge in [-0.25, -0.2) is 8.78 Å². The number of halogens is 2. The van der Waals surface area contributed by atoms with Crippen LogP contribution in [0.5, 0.6) is 5.75 Å². The number of anilines is 2. The molecule has 30 heavy (non-hydrogen) atoms. The van der Waals surface area contributed by atoms with Crippen LogP contribution in [0.3, 0.4) is 0 Å². The molecule has 1 aliphatic heterocycles. The van der Waals surface area contributed by atoms with E-state index in [1.807, 2.05) is 38.1 Å². The van der Waals surface area contributed by atoms with Crippen LogP contribution in [0, 0.1) is 11.6 Å². The van der Waals surface area contributed by atoms with Crippen LogP contribution in [0.25, 0.3) is 10.9 Å². The first-order chi connectivity index (χ1) is 14.5. The van der Waals surface area contributed by atoms with Crippen LogP contribution >= 0.6 is 0 Å². The minimum absolute atomic E-state index is 0.0203. The van der Waals surface area contributed by atoms with Crippen molar-refractivity contribution in [3.8, 4) is 5.75 Å². The van der Waals surface area contributed by atoms with Gasteiger partial charge in [0.2, 0.25) is 0 Å². The number of rotatable bonds is 6. The van der Waals surface area contributed by atoms with Crippen LogP contribution < -0.4 is 15.0 Å². The van der Waals surface area contributed by atoms with Gasteiger partial charge in [0.05, 0.1) is 24.8 Å². The fraction of sp³-hybridized carbons (Fsp3) is 0.348. The maximum absolute atomic E-state index is 14.7. The number of fused-ring (bicyclic) bond motifs is 1. The second kappa shape index (κ2) is 8.83. The zero-order valence-electron chi connectivity index (χ0n) is 17.1. The van der Waals surface area contributed by atoms with Crippen molar-refractivity contribution in [1.29, 1.82) is 0 Å². The van der Waals surface area contributed by atoms with Crippen molar-refractivity contribution in [2.24, 2.45) is 0 Å². The Hall–Kier alpha value is -2.93. The average Bonchev–Trinajstić information content (AvgIpc) is 2.72. The number of hydrogen-bond acceptors (Lipinski definition) is 5. The fourth-order valence-corrected chi connectivity index (χ4v) is 3.63. The molecule has 0 aliphatic carbocycles. The highest BCUT2D eigenvalue weighted by Gasteiger charge is 2.20. The number of nitrogens with one attached hydrogen (secondary N) is 1. The van der Waals surface area contributed by atoms with Crippen LogP contribution in [-0.4, -0.2) is 37.4 Å². The van der Waals surface area contributed by atoms with Gasteiger partial charge in [-0.05, 0) is 55.8 Å². The Bertz CT molecular complexity index is 1010. The second-order valence-electron chi connectivity index (χ2n) is 7.57. The van der Waals surface area contributed by atoms with Gasteiger partial charge in [0.15, 0.2) is 0 Å². The van der Waals surface area contributed by atoms with Crippen molar-refractivity contribution in [2.45, 2.75) is 26.5 Å². The molecule has 0 radical (unpaired) electrons. The first-order valence-electron chi connectivity index (χ1n) is 10.1. The number of nitrogens with zero attached hydrogens (tertiary/aromatic N) is 2. The van der Waals surface area contributed by atoms with E-state index >= 15 is 0 Å². The summed E-state index contributed by atoms with van der Waals surface area (Å²) in [4.78, 5) is 6.07. The molecule has 0 spiro atoms. The first kappa shape index (κ1) is 20.3. The van der Waals surface area contributed by atoms with E-state index in [-0.39, 0.29) is 18.3 Å². The third kappa shape index (κ3) is 4.46. The van der Waals surface area contributed by atoms with Crippen molar-refractivity contribution in [1.82, 2.24) is 4.98 Å². The summed E-state index contributed by atoms with van der Waals surface area (Å²) in [6, 6.07) is 10.3. The standard InChI is InChI=1S/C23H25F2N3O2/c1-15(2)30-17-3-4-21-18(13-17)22(5-6-26-21)27-14-16-11-19(24)23(20(25)12-16)28-7-9-29-10-8-28/h3-6,11-13,15H,7-10,14H2,1-2H3,(H,26,27). The van der Waals surface area contributed by atoms with E-state index in [0.717, 1.165) is 22.3 Å². The van der Waals surface area contributed by atoms with E-state index in [0.29, 0.717) is 31.9 Å². The Morgan fingerprint density at radius 2 is 1.83 bits per heavy atom. The van der Waals surface area contributed by atoms with E-state index < -0.39 is 11.6 Å². The lowest BCUT2D eigenvalue weighted by atomic mass is 10.1. The molecular formula is C23H25F2N3O2. The minimum Gasteiger partial charge on any atom is -0.491 e. The molecule has 3 aromatic rings. The van der Waals surface area contributed by atoms with E-state index in [1.165, 1.54) is 12.1 Å². The summed E-state index contributed by atoms with van der Waals surface area (Å²) in [5.41, 5.74) is 2.19. The van der Waals surface area contributed by atoms with Crippen molar-refractivity contribution in [3.63, 3.8) is 0 Å². The molecule has 2 aromatic carbocycles. The molecule has 0 atom stereocenters. The highest BCUT2D eigenvalue weighted by Crippen LogP contribution is 2.29. The number of aromatic nitrogens is 1. The predicted molar refractivity (Wildman–Crippen MR) is 114 cm³/mol. The van der Waals surface area contributed by atoms with Gasteiger partial charge in [-0.15, -0.1) is 0 Å². The molecule has 2 heterocycles. The van der Waals surface area contributed by atoms with Gasteiger partial charge in [-0.1, -0.05) is 0 Å². The number of hydrogen-bond donors (Lipinski definition) is 1. The molecule has 0 unspecified atom stereocenters. The van der Waals surface area contributed by atoms with Gasteiger partial charge in [0.25, 0.3) is 0 Å². The quantitative estimate of drug-likeness (QED) is 0.632. The van der Waals surface area contributed by atoms with Gasteiger partial charge >= 0.3 is 0 Å². The monoisotopic (exact) mass is 413 g/mol. The summed E-state index contributed by atoms with van der Waals surface area (Å²) in [5.74, 6) is -0.359. The topological polar surface area (TPSA) is 46.6 Å². The molecule has 1 fully saturated rings. The smallest absolute Gasteiger partial charge is 0.149 e. The average molecular weight is 413 g/mol. The lowest BCUT2D eigenvalue weighted by molar-refractivity contribution is 0.122. The number of pyridine rings is 1. The Labute approximate surface area is 174 Å². The summed E-state index contributed by atoms with van der Waals surface area (Å²) >= 11 is 0. The Kier molecular flexibility index (Phi) is 5.99. The summed E-state index contributed by atoms with van der Waals surface area (Å²) in [6.45, 7) is 6.13. The van der Waals surface area contributed by atoms with Gasteiger partial charge in [0, 0.05) is 36.9 Å². The summed E-state index contributed by atoms with van der Waals surface area (Å²) in [5, 5.41) is 4.17. The lowest BCUT2D eigenvalue weighted by Crippen LogP contribution is -2.37. The largest absolute Gasteiger partial charge is 0.491 e. The molecule has 0 amide bonds. The molecule has 7 heteroatoms. The van der Waals surface area contributed by atoms with E-state index in [9.17, 15) is 8.78 Å². The first-order valence-corrected chi connectivity index (χ1v) is 10.1. The normalized spacial score (nSPS) is 14.4. The van der Waals surface area contributed by atoms with Crippen molar-refractivity contribution in [2.75, 3.05) is 36.5 Å². The van der Waals surface area contributed by atoms with Crippen molar-refractivity contribution < 1.29 is 18.3 Å². The third-order valence-electron chi connectivity index (χ3n) is 4.97. The summed E-state index contributed by atoms with van der Waals surface area (Å²) in [7, 11) is 0. The van der Waals surface area contributed by atoms with E-state index in [2.05, 4.69) is 10.3 Å². The number of ether oxygens (including phenoxy) is 2. The highest BCUT2D eigenvalue weighted by atomic mass is 19.1. The lowest BCUT2D eigenvalue weighted by Gasteiger charge is -2.29. The molecule has 1 aliphatic rings. The van der Waals surface area contributed by atoms with Crippen LogP contribution in [0.15, 0.2) is 42.6 Å². The Balaban J connectivity index is 1.55. The zero-order valence-corrected chi connectivity index (χ0v) is 17.1. The fourth-order valence-electron chi connectivity index (χ4n) is 3.63. The molecule has 1 N–H and O–H groups in total. The van der Waals surface area contributed by atoms with Gasteiger partial charge in [-0.3, -0.25) is 4.98 Å². The SMILES string of the molecule is CC(C)Oc1ccc2nccc(NCc3cc(F)c(N4CCOCC4)c(F)c3)c2c1. The molecule has 1 saturated heterocycles. The summed E-state index contributed by atoms with van der Waals surface area (Å²) in [6.07, 6.45) is 1.77. The molecular weight excluding hydrogens is 388 g/mol. The van der Waals surface area contributed by atoms with Crippen LogP contribution in [-0.2, 0) is 11.3 Å². The number of morpholine rings is 1. The van der Waals surface area contributed by atoms with E-state index in [4.69, 9.17) is 9.47 Å². The second-order valence-corrected chi connectivity index (χ2v) is 7.57. The maximum atomic E-state index is 14.7. The zero-order chi connectivity index (χ0) is 21.1. The van der Waals surface area contributed by atoms with Gasteiger partial charge in [-0.2, -0.15) is 0 Å². The highest BCUT2D eigenvalue weighted by molar-refractivity contribution is 5.92. The van der Waals surface area contributed by atoms with Gasteiger partial charge in [0.1, 0.15) is 23.1 Å². The molecule has 4 rings (SSSR count). The van der Waals surface area contributed by atoms with Crippen LogP contribution in [0.4, 0.5) is 20.2 Å². The summed E-state index contributed by atoms with van der Waals surface area (Å²) < 4.78 is 40.4. The van der Waals surface area contributed by atoms with Gasteiger partial charge < -0.3 is 19.7 Å². The molecule has 0 saturated carbocycles. The van der Waals surface area contributed by atoms with Crippen LogP contribution in [0.1, 0.15) is 19.4 Å². The Morgan fingerprint density at radius 3 is 2.53 bits per heavy atom. The molecule has 158 valence electrons. The van der Waals surface area contributed by atoms with Crippen molar-refractivity contribution in [3.05, 3.63) is 59.8 Å². The number of benzene rings is 2.